The Kier molecular flexibility index (Phi) is 8.52. The first-order chi connectivity index (χ1) is 29.6. The van der Waals surface area contributed by atoms with Gasteiger partial charge in [-0.05, 0) is 79.3 Å². The van der Waals surface area contributed by atoms with Crippen molar-refractivity contribution in [3.05, 3.63) is 106 Å². The molecule has 6 aliphatic rings. The van der Waals surface area contributed by atoms with Crippen molar-refractivity contribution in [2.24, 2.45) is 14.1 Å². The Labute approximate surface area is 353 Å². The topological polar surface area (TPSA) is 153 Å². The summed E-state index contributed by atoms with van der Waals surface area (Å²) in [5, 5.41) is 9.91. The highest BCUT2D eigenvalue weighted by Gasteiger charge is 2.49. The summed E-state index contributed by atoms with van der Waals surface area (Å²) in [4.78, 5) is 46.5. The van der Waals surface area contributed by atoms with E-state index in [0.29, 0.717) is 11.8 Å². The van der Waals surface area contributed by atoms with Crippen LogP contribution >= 0.6 is 0 Å². The minimum Gasteiger partial charge on any atom is -0.481 e. The Morgan fingerprint density at radius 1 is 0.607 bits per heavy atom. The van der Waals surface area contributed by atoms with E-state index in [4.69, 9.17) is 14.5 Å². The van der Waals surface area contributed by atoms with Gasteiger partial charge < -0.3 is 39.5 Å². The van der Waals surface area contributed by atoms with Crippen LogP contribution < -0.4 is 25.4 Å². The molecule has 12 rings (SSSR count). The lowest BCUT2D eigenvalue weighted by atomic mass is 9.80. The highest BCUT2D eigenvalue weighted by molar-refractivity contribution is 6.02. The maximum atomic E-state index is 13.2. The fourth-order valence-electron chi connectivity index (χ4n) is 10.8. The number of likely N-dealkylation sites (tertiary alicyclic amines) is 1. The lowest BCUT2D eigenvalue weighted by molar-refractivity contribution is 0.0474. The van der Waals surface area contributed by atoms with Crippen LogP contribution in [0.15, 0.2) is 61.2 Å². The Balaban J connectivity index is 0.000000138. The molecular weight excluding hydrogens is 769 g/mol. The van der Waals surface area contributed by atoms with Crippen molar-refractivity contribution in [1.82, 2.24) is 49.9 Å². The molecule has 0 unspecified atom stereocenters. The third kappa shape index (κ3) is 5.90. The van der Waals surface area contributed by atoms with E-state index in [1.807, 2.05) is 36.7 Å². The highest BCUT2D eigenvalue weighted by Crippen LogP contribution is 2.44. The number of ether oxygens (including phenoxy) is 2. The average molecular weight is 817 g/mol. The van der Waals surface area contributed by atoms with E-state index in [0.717, 1.165) is 115 Å². The van der Waals surface area contributed by atoms with Gasteiger partial charge in [-0.2, -0.15) is 0 Å². The van der Waals surface area contributed by atoms with Gasteiger partial charge in [0.05, 0.1) is 59.2 Å². The van der Waals surface area contributed by atoms with Crippen LogP contribution in [0, 0.1) is 0 Å². The minimum atomic E-state index is -0.125. The monoisotopic (exact) mass is 816 g/mol. The van der Waals surface area contributed by atoms with E-state index in [9.17, 15) is 9.59 Å². The van der Waals surface area contributed by atoms with Crippen LogP contribution in [0.2, 0.25) is 0 Å². The lowest BCUT2D eigenvalue weighted by Gasteiger charge is -2.51. The third-order valence-corrected chi connectivity index (χ3v) is 13.8. The van der Waals surface area contributed by atoms with E-state index in [2.05, 4.69) is 78.2 Å². The quantitative estimate of drug-likeness (QED) is 0.237. The van der Waals surface area contributed by atoms with Crippen molar-refractivity contribution in [2.45, 2.75) is 49.6 Å². The Morgan fingerprint density at radius 2 is 1.08 bits per heavy atom. The van der Waals surface area contributed by atoms with Crippen molar-refractivity contribution >= 4 is 11.8 Å². The number of carbonyl (C=O) groups is 2. The first kappa shape index (κ1) is 37.6. The molecular formula is C47H48N10O4. The molecule has 0 saturated carbocycles. The van der Waals surface area contributed by atoms with Gasteiger partial charge >= 0.3 is 0 Å². The lowest BCUT2D eigenvalue weighted by Crippen LogP contribution is -2.71. The molecule has 0 bridgehead atoms. The Morgan fingerprint density at radius 3 is 1.49 bits per heavy atom. The zero-order valence-electron chi connectivity index (χ0n) is 35.1. The number of aromatic nitrogens is 6. The van der Waals surface area contributed by atoms with Gasteiger partial charge in [-0.1, -0.05) is 0 Å². The van der Waals surface area contributed by atoms with E-state index in [1.165, 1.54) is 39.1 Å². The molecule has 14 nitrogen and oxygen atoms in total. The van der Waals surface area contributed by atoms with Crippen LogP contribution in [0.4, 0.5) is 0 Å². The number of aryl methyl sites for hydroxylation is 2. The summed E-state index contributed by atoms with van der Waals surface area (Å²) >= 11 is 0. The Bertz CT molecular complexity index is 2800. The van der Waals surface area contributed by atoms with Gasteiger partial charge in [0.1, 0.15) is 0 Å². The van der Waals surface area contributed by atoms with Crippen LogP contribution in [0.3, 0.4) is 0 Å². The average Bonchev–Trinajstić information content (AvgIpc) is 3.72. The molecule has 61 heavy (non-hydrogen) atoms. The first-order valence-corrected chi connectivity index (χ1v) is 21.0. The van der Waals surface area contributed by atoms with Gasteiger partial charge in [0, 0.05) is 124 Å². The molecule has 2 aliphatic carbocycles. The molecule has 2 amide bonds. The summed E-state index contributed by atoms with van der Waals surface area (Å²) in [7, 11) is 9.52. The van der Waals surface area contributed by atoms with E-state index < -0.39 is 0 Å². The molecule has 2 saturated heterocycles. The predicted octanol–water partition coefficient (Wildman–Crippen LogP) is 4.11. The van der Waals surface area contributed by atoms with Crippen LogP contribution in [0.25, 0.3) is 45.0 Å². The number of amides is 2. The summed E-state index contributed by atoms with van der Waals surface area (Å²) in [6.45, 7) is 3.48. The summed E-state index contributed by atoms with van der Waals surface area (Å²) in [5.41, 5.74) is 17.0. The van der Waals surface area contributed by atoms with Crippen LogP contribution in [-0.2, 0) is 52.6 Å². The number of nitrogens with zero attached hydrogens (tertiary/aromatic N) is 7. The summed E-state index contributed by atoms with van der Waals surface area (Å²) < 4.78 is 14.9. The standard InChI is InChI=1S/C24H25N5O2.C23H23N5O2/c1-28-12-24(13-28)9-19-21(23(30)27-24)16-6-4-14-10-25-18(8-17(14)22(16)29(19)2)15-5-7-20(31-3)26-11-15;1-28-18-8-23(11-24-12-23)27-22(29)20(18)15-5-3-13-9-25-17(7-16(13)21(15)28)14-4-6-19(30-2)26-10-14/h5,7-8,10-11H,4,6,9,12-13H2,1-3H3,(H,27,30);4,6-7,9-10,24H,3,5,8,11-12H2,1-2H3,(H,27,29). The SMILES string of the molecule is COc1ccc(-c2cc3c(cn2)CCc2c4c(n(C)c2-3)CC2(CN(C)C2)NC4=O)cn1.COc1ccc(-c2cc3c(cn2)CCc2c4c(n(C)c2-3)CC2(CNC2)NC4=O)cn1. The Hall–Kier alpha value is -6.38. The first-order valence-electron chi connectivity index (χ1n) is 21.0. The van der Waals surface area contributed by atoms with E-state index in [1.54, 1.807) is 26.6 Å². The van der Waals surface area contributed by atoms with Gasteiger partial charge in [-0.25, -0.2) is 9.97 Å². The molecule has 10 heterocycles. The molecule has 0 radical (unpaired) electrons. The number of hydrogen-bond acceptors (Lipinski definition) is 10. The maximum Gasteiger partial charge on any atom is 0.253 e. The molecule has 0 atom stereocenters. The van der Waals surface area contributed by atoms with Crippen molar-refractivity contribution in [1.29, 1.82) is 0 Å². The van der Waals surface area contributed by atoms with Gasteiger partial charge in [0.2, 0.25) is 11.8 Å². The zero-order valence-corrected chi connectivity index (χ0v) is 35.1. The molecule has 2 spiro atoms. The predicted molar refractivity (Wildman–Crippen MR) is 230 cm³/mol. The van der Waals surface area contributed by atoms with Gasteiger partial charge in [0.15, 0.2) is 0 Å². The number of pyridine rings is 4. The number of nitrogens with one attached hydrogen (secondary N) is 3. The minimum absolute atomic E-state index is 0.0756. The molecule has 2 fully saturated rings. The number of methoxy groups -OCH3 is 2. The van der Waals surface area contributed by atoms with Crippen molar-refractivity contribution < 1.29 is 19.1 Å². The zero-order chi connectivity index (χ0) is 41.8. The highest BCUT2D eigenvalue weighted by atomic mass is 16.5. The number of likely N-dealkylation sites (N-methyl/N-ethyl adjacent to an activating group) is 1. The second-order valence-corrected chi connectivity index (χ2v) is 17.6. The normalized spacial score (nSPS) is 18.4. The van der Waals surface area contributed by atoms with Gasteiger partial charge in [0.25, 0.3) is 11.8 Å². The number of rotatable bonds is 4. The number of hydrogen-bond donors (Lipinski definition) is 3. The fourth-order valence-corrected chi connectivity index (χ4v) is 10.8. The molecule has 6 aromatic rings. The maximum absolute atomic E-state index is 13.2. The van der Waals surface area contributed by atoms with E-state index >= 15 is 0 Å². The van der Waals surface area contributed by atoms with Crippen molar-refractivity contribution in [3.63, 3.8) is 0 Å². The van der Waals surface area contributed by atoms with Gasteiger partial charge in [-0.3, -0.25) is 19.6 Å². The van der Waals surface area contributed by atoms with Crippen LogP contribution in [0.5, 0.6) is 11.8 Å². The number of fused-ring (bicyclic) bond motifs is 10. The summed E-state index contributed by atoms with van der Waals surface area (Å²) in [6, 6.07) is 11.9. The second kappa shape index (κ2) is 13.8. The summed E-state index contributed by atoms with van der Waals surface area (Å²) in [6.07, 6.45) is 12.8. The molecule has 0 aromatic carbocycles. The van der Waals surface area contributed by atoms with Gasteiger partial charge in [-0.15, -0.1) is 0 Å². The smallest absolute Gasteiger partial charge is 0.253 e. The largest absolute Gasteiger partial charge is 0.481 e. The van der Waals surface area contributed by atoms with Crippen LogP contribution in [-0.4, -0.2) is 104 Å². The molecule has 3 N–H and O–H groups in total. The second-order valence-electron chi connectivity index (χ2n) is 17.6. The number of carbonyl (C=O) groups excluding carboxylic acids is 2. The third-order valence-electron chi connectivity index (χ3n) is 13.8. The fraction of sp³-hybridized carbons (Fsp3) is 0.362. The molecule has 14 heteroatoms. The molecule has 310 valence electrons. The van der Waals surface area contributed by atoms with Crippen molar-refractivity contribution in [3.8, 4) is 56.8 Å². The van der Waals surface area contributed by atoms with Crippen molar-refractivity contribution in [2.75, 3.05) is 47.4 Å². The molecule has 6 aromatic heterocycles. The summed E-state index contributed by atoms with van der Waals surface area (Å²) in [5.74, 6) is 1.33. The molecule has 4 aliphatic heterocycles. The van der Waals surface area contributed by atoms with E-state index in [-0.39, 0.29) is 22.9 Å². The van der Waals surface area contributed by atoms with Crippen LogP contribution in [0.1, 0.15) is 54.4 Å².